The monoisotopic (exact) mass is 394 g/mol. The van der Waals surface area contributed by atoms with E-state index in [-0.39, 0.29) is 29.0 Å². The second-order valence-electron chi connectivity index (χ2n) is 7.70. The maximum Gasteiger partial charge on any atom is 0.260 e. The second-order valence-corrected chi connectivity index (χ2v) is 7.70. The number of hydrogen-bond donors (Lipinski definition) is 1. The van der Waals surface area contributed by atoms with E-state index in [2.05, 4.69) is 9.88 Å². The third-order valence-electron chi connectivity index (χ3n) is 5.81. The zero-order valence-corrected chi connectivity index (χ0v) is 16.6. The lowest BCUT2D eigenvalue weighted by Crippen LogP contribution is -2.58. The number of hydrogen-bond acceptors (Lipinski definition) is 4. The number of para-hydroxylation sites is 1. The van der Waals surface area contributed by atoms with E-state index in [0.29, 0.717) is 26.2 Å². The highest BCUT2D eigenvalue weighted by atomic mass is 16.2. The van der Waals surface area contributed by atoms with Crippen LogP contribution in [0.1, 0.15) is 28.9 Å². The number of aromatic amines is 1. The summed E-state index contributed by atoms with van der Waals surface area (Å²) >= 11 is 0. The minimum atomic E-state index is -0.349. The molecular weight excluding hydrogens is 368 g/mol. The molecule has 0 spiro atoms. The number of rotatable bonds is 3. The van der Waals surface area contributed by atoms with Crippen molar-refractivity contribution >= 4 is 17.5 Å². The van der Waals surface area contributed by atoms with E-state index in [0.717, 1.165) is 30.8 Å². The fourth-order valence-electron chi connectivity index (χ4n) is 4.21. The quantitative estimate of drug-likeness (QED) is 0.859. The highest BCUT2D eigenvalue weighted by Gasteiger charge is 2.36. The Bertz CT molecular complexity index is 948. The number of benzene rings is 1. The molecule has 2 aliphatic rings. The zero-order chi connectivity index (χ0) is 20.4. The van der Waals surface area contributed by atoms with Crippen LogP contribution in [0.4, 0.5) is 5.69 Å². The van der Waals surface area contributed by atoms with Crippen molar-refractivity contribution in [2.75, 3.05) is 37.6 Å². The van der Waals surface area contributed by atoms with Crippen LogP contribution in [0.15, 0.2) is 47.3 Å². The van der Waals surface area contributed by atoms with Crippen LogP contribution in [0.3, 0.4) is 0 Å². The van der Waals surface area contributed by atoms with Crippen LogP contribution in [0.25, 0.3) is 0 Å². The van der Waals surface area contributed by atoms with Crippen molar-refractivity contribution in [2.45, 2.75) is 25.8 Å². The molecule has 2 amide bonds. The van der Waals surface area contributed by atoms with Crippen LogP contribution in [0.5, 0.6) is 0 Å². The Morgan fingerprint density at radius 3 is 2.38 bits per heavy atom. The first-order valence-electron chi connectivity index (χ1n) is 10.1. The molecule has 2 saturated heterocycles. The third kappa shape index (κ3) is 3.96. The fraction of sp³-hybridized carbons (Fsp3) is 0.409. The van der Waals surface area contributed by atoms with Crippen LogP contribution >= 0.6 is 0 Å². The van der Waals surface area contributed by atoms with Gasteiger partial charge in [0.2, 0.25) is 5.91 Å². The molecule has 152 valence electrons. The molecule has 2 fully saturated rings. The number of carbonyl (C=O) groups is 2. The van der Waals surface area contributed by atoms with E-state index in [1.807, 2.05) is 35.2 Å². The molecule has 3 heterocycles. The van der Waals surface area contributed by atoms with Crippen molar-refractivity contribution in [3.05, 3.63) is 64.1 Å². The van der Waals surface area contributed by atoms with Crippen molar-refractivity contribution in [1.29, 1.82) is 0 Å². The Hall–Kier alpha value is -2.93. The molecule has 7 heteroatoms. The molecule has 0 unspecified atom stereocenters. The van der Waals surface area contributed by atoms with Gasteiger partial charge < -0.3 is 14.8 Å². The molecule has 0 radical (unpaired) electrons. The van der Waals surface area contributed by atoms with Gasteiger partial charge in [-0.05, 0) is 44.0 Å². The molecule has 1 atom stereocenters. The van der Waals surface area contributed by atoms with Gasteiger partial charge in [-0.2, -0.15) is 0 Å². The molecule has 29 heavy (non-hydrogen) atoms. The number of aryl methyl sites for hydroxylation is 1. The first kappa shape index (κ1) is 19.4. The smallest absolute Gasteiger partial charge is 0.260 e. The summed E-state index contributed by atoms with van der Waals surface area (Å²) in [4.78, 5) is 46.4. The number of pyridine rings is 1. The van der Waals surface area contributed by atoms with Crippen LogP contribution < -0.4 is 10.5 Å². The van der Waals surface area contributed by atoms with Gasteiger partial charge in [-0.25, -0.2) is 0 Å². The number of anilines is 1. The van der Waals surface area contributed by atoms with E-state index in [1.165, 1.54) is 0 Å². The van der Waals surface area contributed by atoms with Crippen molar-refractivity contribution < 1.29 is 9.59 Å². The van der Waals surface area contributed by atoms with Gasteiger partial charge >= 0.3 is 0 Å². The Kier molecular flexibility index (Phi) is 5.49. The molecule has 0 saturated carbocycles. The van der Waals surface area contributed by atoms with Crippen molar-refractivity contribution in [2.24, 2.45) is 0 Å². The summed E-state index contributed by atoms with van der Waals surface area (Å²) in [5, 5.41) is 0. The molecule has 1 N–H and O–H groups in total. The summed E-state index contributed by atoms with van der Waals surface area (Å²) in [5.74, 6) is -0.107. The molecule has 0 bridgehead atoms. The van der Waals surface area contributed by atoms with Gasteiger partial charge in [0, 0.05) is 44.1 Å². The Morgan fingerprint density at radius 1 is 0.966 bits per heavy atom. The first-order chi connectivity index (χ1) is 14.0. The summed E-state index contributed by atoms with van der Waals surface area (Å²) in [5.41, 5.74) is 1.50. The molecule has 4 rings (SSSR count). The molecule has 1 aromatic carbocycles. The topological polar surface area (TPSA) is 76.7 Å². The Labute approximate surface area is 169 Å². The van der Waals surface area contributed by atoms with E-state index in [4.69, 9.17) is 0 Å². The summed E-state index contributed by atoms with van der Waals surface area (Å²) in [7, 11) is 0. The van der Waals surface area contributed by atoms with Crippen LogP contribution in [0, 0.1) is 6.92 Å². The molecule has 0 aliphatic carbocycles. The predicted octanol–water partition coefficient (Wildman–Crippen LogP) is 1.64. The third-order valence-corrected chi connectivity index (χ3v) is 5.81. The van der Waals surface area contributed by atoms with Gasteiger partial charge in [0.1, 0.15) is 5.56 Å². The standard InChI is InChI=1S/C22H26N4O3/c1-16-9-10-18(20(27)23-16)21(28)25-14-12-24(13-15-25)19-8-5-11-26(22(19)29)17-6-3-2-4-7-17/h2-4,6-7,9-10,19H,5,8,11-15H2,1H3,(H,23,27)/t19-/m0/s1. The molecule has 1 aromatic heterocycles. The fourth-order valence-corrected chi connectivity index (χ4v) is 4.21. The second kappa shape index (κ2) is 8.21. The number of piperazine rings is 1. The number of amides is 2. The van der Waals surface area contributed by atoms with Crippen LogP contribution in [0.2, 0.25) is 0 Å². The average molecular weight is 394 g/mol. The number of aromatic nitrogens is 1. The van der Waals surface area contributed by atoms with Gasteiger partial charge in [0.15, 0.2) is 0 Å². The van der Waals surface area contributed by atoms with Gasteiger partial charge in [0.25, 0.3) is 11.5 Å². The van der Waals surface area contributed by atoms with E-state index >= 15 is 0 Å². The molecule has 2 aliphatic heterocycles. The van der Waals surface area contributed by atoms with Gasteiger partial charge in [-0.3, -0.25) is 19.3 Å². The minimum Gasteiger partial charge on any atom is -0.336 e. The predicted molar refractivity (Wildman–Crippen MR) is 111 cm³/mol. The number of carbonyl (C=O) groups excluding carboxylic acids is 2. The van der Waals surface area contributed by atoms with E-state index in [9.17, 15) is 14.4 Å². The maximum absolute atomic E-state index is 13.1. The van der Waals surface area contributed by atoms with Crippen molar-refractivity contribution in [3.8, 4) is 0 Å². The molecular formula is C22H26N4O3. The van der Waals surface area contributed by atoms with Crippen LogP contribution in [-0.4, -0.2) is 65.4 Å². The van der Waals surface area contributed by atoms with Gasteiger partial charge in [-0.1, -0.05) is 18.2 Å². The number of piperidine rings is 1. The highest BCUT2D eigenvalue weighted by molar-refractivity contribution is 5.98. The van der Waals surface area contributed by atoms with E-state index in [1.54, 1.807) is 24.0 Å². The lowest BCUT2D eigenvalue weighted by atomic mass is 10.0. The zero-order valence-electron chi connectivity index (χ0n) is 16.6. The minimum absolute atomic E-state index is 0.136. The largest absolute Gasteiger partial charge is 0.336 e. The summed E-state index contributed by atoms with van der Waals surface area (Å²) in [6.45, 7) is 4.83. The van der Waals surface area contributed by atoms with Gasteiger partial charge in [-0.15, -0.1) is 0 Å². The number of nitrogens with one attached hydrogen (secondary N) is 1. The average Bonchev–Trinajstić information content (AvgIpc) is 2.74. The SMILES string of the molecule is Cc1ccc(C(=O)N2CCN([C@H]3CCCN(c4ccccc4)C3=O)CC2)c(=O)[nH]1. The summed E-state index contributed by atoms with van der Waals surface area (Å²) < 4.78 is 0. The highest BCUT2D eigenvalue weighted by Crippen LogP contribution is 2.24. The summed E-state index contributed by atoms with van der Waals surface area (Å²) in [6.07, 6.45) is 1.80. The molecule has 7 nitrogen and oxygen atoms in total. The number of nitrogens with zero attached hydrogens (tertiary/aromatic N) is 3. The number of H-pyrrole nitrogens is 1. The first-order valence-corrected chi connectivity index (χ1v) is 10.1. The lowest BCUT2D eigenvalue weighted by Gasteiger charge is -2.42. The Morgan fingerprint density at radius 2 is 1.69 bits per heavy atom. The lowest BCUT2D eigenvalue weighted by molar-refractivity contribution is -0.126. The molecule has 2 aromatic rings. The maximum atomic E-state index is 13.1. The van der Waals surface area contributed by atoms with Crippen molar-refractivity contribution in [1.82, 2.24) is 14.8 Å². The van der Waals surface area contributed by atoms with Crippen molar-refractivity contribution in [3.63, 3.8) is 0 Å². The van der Waals surface area contributed by atoms with E-state index < -0.39 is 0 Å². The normalized spacial score (nSPS) is 20.7. The van der Waals surface area contributed by atoms with Crippen LogP contribution in [-0.2, 0) is 4.79 Å². The Balaban J connectivity index is 1.41. The van der Waals surface area contributed by atoms with Gasteiger partial charge in [0.05, 0.1) is 6.04 Å². The summed E-state index contributed by atoms with van der Waals surface area (Å²) in [6, 6.07) is 13.0.